The SMILES string of the molecule is CC1(C)CNCCC1NS(=O)(=O)c1ccc(F)c(F)c1. The van der Waals surface area contributed by atoms with E-state index in [9.17, 15) is 17.2 Å². The standard InChI is InChI=1S/C13H18F2N2O2S/c1-13(2)8-16-6-5-12(13)17-20(18,19)9-3-4-10(14)11(15)7-9/h3-4,7,12,16-17H,5-6,8H2,1-2H3. The summed E-state index contributed by atoms with van der Waals surface area (Å²) in [6.45, 7) is 5.32. The fraction of sp³-hybridized carbons (Fsp3) is 0.538. The Morgan fingerprint density at radius 2 is 2.00 bits per heavy atom. The first-order valence-electron chi connectivity index (χ1n) is 6.40. The lowest BCUT2D eigenvalue weighted by molar-refractivity contribution is 0.206. The van der Waals surface area contributed by atoms with Crippen LogP contribution in [0.3, 0.4) is 0 Å². The van der Waals surface area contributed by atoms with Gasteiger partial charge in [-0.15, -0.1) is 0 Å². The molecular formula is C13H18F2N2O2S. The first-order valence-corrected chi connectivity index (χ1v) is 7.89. The Hall–Kier alpha value is -1.05. The molecule has 0 amide bonds. The molecule has 1 atom stereocenters. The number of rotatable bonds is 3. The molecule has 1 aliphatic rings. The molecule has 1 fully saturated rings. The van der Waals surface area contributed by atoms with Gasteiger partial charge in [-0.1, -0.05) is 13.8 Å². The zero-order chi connectivity index (χ0) is 15.0. The maximum absolute atomic E-state index is 13.2. The van der Waals surface area contributed by atoms with Crippen LogP contribution in [0.2, 0.25) is 0 Å². The molecule has 1 aromatic rings. The maximum atomic E-state index is 13.2. The van der Waals surface area contributed by atoms with Gasteiger partial charge in [-0.05, 0) is 36.6 Å². The lowest BCUT2D eigenvalue weighted by Crippen LogP contribution is -2.54. The van der Waals surface area contributed by atoms with Gasteiger partial charge >= 0.3 is 0 Å². The van der Waals surface area contributed by atoms with E-state index < -0.39 is 21.7 Å². The predicted octanol–water partition coefficient (Wildman–Crippen LogP) is 1.63. The molecule has 0 spiro atoms. The molecule has 2 rings (SSSR count). The van der Waals surface area contributed by atoms with E-state index in [1.165, 1.54) is 0 Å². The highest BCUT2D eigenvalue weighted by molar-refractivity contribution is 7.89. The van der Waals surface area contributed by atoms with Crippen molar-refractivity contribution in [1.82, 2.24) is 10.0 Å². The summed E-state index contributed by atoms with van der Waals surface area (Å²) in [4.78, 5) is -0.259. The Bertz CT molecular complexity index is 602. The van der Waals surface area contributed by atoms with Crippen LogP contribution >= 0.6 is 0 Å². The van der Waals surface area contributed by atoms with Gasteiger partial charge in [0.1, 0.15) is 0 Å². The Morgan fingerprint density at radius 3 is 2.60 bits per heavy atom. The number of sulfonamides is 1. The van der Waals surface area contributed by atoms with Gasteiger partial charge in [0, 0.05) is 12.6 Å². The number of hydrogen-bond donors (Lipinski definition) is 2. The Kier molecular flexibility index (Phi) is 4.13. The normalized spacial score (nSPS) is 22.7. The average Bonchev–Trinajstić information content (AvgIpc) is 2.35. The van der Waals surface area contributed by atoms with Crippen molar-refractivity contribution in [2.75, 3.05) is 13.1 Å². The molecule has 0 radical (unpaired) electrons. The molecule has 0 saturated carbocycles. The third-order valence-electron chi connectivity index (χ3n) is 3.63. The van der Waals surface area contributed by atoms with Crippen molar-refractivity contribution in [2.45, 2.75) is 31.2 Å². The monoisotopic (exact) mass is 304 g/mol. The highest BCUT2D eigenvalue weighted by Gasteiger charge is 2.35. The summed E-state index contributed by atoms with van der Waals surface area (Å²) in [5.74, 6) is -2.23. The third-order valence-corrected chi connectivity index (χ3v) is 5.10. The molecule has 1 aliphatic heterocycles. The molecule has 1 saturated heterocycles. The Morgan fingerprint density at radius 1 is 1.30 bits per heavy atom. The largest absolute Gasteiger partial charge is 0.316 e. The van der Waals surface area contributed by atoms with Gasteiger partial charge < -0.3 is 5.32 Å². The van der Waals surface area contributed by atoms with Gasteiger partial charge in [-0.25, -0.2) is 21.9 Å². The summed E-state index contributed by atoms with van der Waals surface area (Å²) in [6.07, 6.45) is 0.649. The van der Waals surface area contributed by atoms with Crippen LogP contribution in [0.5, 0.6) is 0 Å². The van der Waals surface area contributed by atoms with Crippen LogP contribution in [0.15, 0.2) is 23.1 Å². The Balaban J connectivity index is 2.24. The number of nitrogens with one attached hydrogen (secondary N) is 2. The molecule has 2 N–H and O–H groups in total. The quantitative estimate of drug-likeness (QED) is 0.892. The Labute approximate surface area is 117 Å². The molecular weight excluding hydrogens is 286 g/mol. The van der Waals surface area contributed by atoms with Crippen LogP contribution in [-0.4, -0.2) is 27.5 Å². The summed E-state index contributed by atoms with van der Waals surface area (Å²) >= 11 is 0. The van der Waals surface area contributed by atoms with Crippen LogP contribution < -0.4 is 10.0 Å². The van der Waals surface area contributed by atoms with Crippen molar-refractivity contribution >= 4 is 10.0 Å². The van der Waals surface area contributed by atoms with Gasteiger partial charge in [-0.3, -0.25) is 0 Å². The van der Waals surface area contributed by atoms with E-state index in [0.717, 1.165) is 12.1 Å². The fourth-order valence-electron chi connectivity index (χ4n) is 2.29. The topological polar surface area (TPSA) is 58.2 Å². The molecule has 0 aromatic heterocycles. The summed E-state index contributed by atoms with van der Waals surface area (Å²) in [6, 6.07) is 2.33. The zero-order valence-corrected chi connectivity index (χ0v) is 12.2. The molecule has 7 heteroatoms. The van der Waals surface area contributed by atoms with Crippen molar-refractivity contribution in [2.24, 2.45) is 5.41 Å². The van der Waals surface area contributed by atoms with Gasteiger partial charge in [-0.2, -0.15) is 0 Å². The third kappa shape index (κ3) is 3.16. The highest BCUT2D eigenvalue weighted by atomic mass is 32.2. The van der Waals surface area contributed by atoms with E-state index in [1.54, 1.807) is 0 Å². The zero-order valence-electron chi connectivity index (χ0n) is 11.4. The number of halogens is 2. The minimum Gasteiger partial charge on any atom is -0.316 e. The fourth-order valence-corrected chi connectivity index (χ4v) is 3.74. The van der Waals surface area contributed by atoms with Crippen LogP contribution in [0.25, 0.3) is 0 Å². The number of hydrogen-bond acceptors (Lipinski definition) is 3. The molecule has 1 aromatic carbocycles. The van der Waals surface area contributed by atoms with Gasteiger partial charge in [0.15, 0.2) is 11.6 Å². The number of benzene rings is 1. The van der Waals surface area contributed by atoms with Crippen molar-refractivity contribution < 1.29 is 17.2 Å². The second-order valence-corrected chi connectivity index (χ2v) is 7.42. The minimum atomic E-state index is -3.85. The van der Waals surface area contributed by atoms with E-state index in [-0.39, 0.29) is 16.4 Å². The van der Waals surface area contributed by atoms with Crippen molar-refractivity contribution in [3.05, 3.63) is 29.8 Å². The van der Waals surface area contributed by atoms with Crippen molar-refractivity contribution in [3.63, 3.8) is 0 Å². The van der Waals surface area contributed by atoms with E-state index in [2.05, 4.69) is 10.0 Å². The lowest BCUT2D eigenvalue weighted by Gasteiger charge is -2.39. The summed E-state index contributed by atoms with van der Waals surface area (Å²) in [7, 11) is -3.85. The van der Waals surface area contributed by atoms with E-state index in [4.69, 9.17) is 0 Å². The predicted molar refractivity (Wildman–Crippen MR) is 71.7 cm³/mol. The molecule has 20 heavy (non-hydrogen) atoms. The van der Waals surface area contributed by atoms with Crippen LogP contribution in [0.1, 0.15) is 20.3 Å². The molecule has 112 valence electrons. The first kappa shape index (κ1) is 15.3. The number of piperidine rings is 1. The molecule has 4 nitrogen and oxygen atoms in total. The van der Waals surface area contributed by atoms with Crippen LogP contribution in [-0.2, 0) is 10.0 Å². The van der Waals surface area contributed by atoms with Crippen LogP contribution in [0.4, 0.5) is 8.78 Å². The molecule has 0 bridgehead atoms. The van der Waals surface area contributed by atoms with E-state index in [0.29, 0.717) is 25.6 Å². The second kappa shape index (κ2) is 5.38. The average molecular weight is 304 g/mol. The first-order chi connectivity index (χ1) is 9.22. The smallest absolute Gasteiger partial charge is 0.240 e. The lowest BCUT2D eigenvalue weighted by atomic mass is 9.81. The van der Waals surface area contributed by atoms with Gasteiger partial charge in [0.2, 0.25) is 10.0 Å². The molecule has 1 heterocycles. The second-order valence-electron chi connectivity index (χ2n) is 5.70. The maximum Gasteiger partial charge on any atom is 0.240 e. The summed E-state index contributed by atoms with van der Waals surface area (Å²) in [5.41, 5.74) is -0.246. The summed E-state index contributed by atoms with van der Waals surface area (Å²) in [5, 5.41) is 3.20. The highest BCUT2D eigenvalue weighted by Crippen LogP contribution is 2.26. The van der Waals surface area contributed by atoms with Crippen molar-refractivity contribution in [1.29, 1.82) is 0 Å². The molecule has 1 unspecified atom stereocenters. The minimum absolute atomic E-state index is 0.246. The van der Waals surface area contributed by atoms with Crippen LogP contribution in [0, 0.1) is 17.0 Å². The van der Waals surface area contributed by atoms with Crippen molar-refractivity contribution in [3.8, 4) is 0 Å². The van der Waals surface area contributed by atoms with E-state index in [1.807, 2.05) is 13.8 Å². The summed E-state index contributed by atoms with van der Waals surface area (Å²) < 4.78 is 53.1. The van der Waals surface area contributed by atoms with Gasteiger partial charge in [0.25, 0.3) is 0 Å². The van der Waals surface area contributed by atoms with Gasteiger partial charge in [0.05, 0.1) is 4.90 Å². The van der Waals surface area contributed by atoms with E-state index >= 15 is 0 Å². The molecule has 0 aliphatic carbocycles.